The minimum absolute atomic E-state index is 0.146. The van der Waals surface area contributed by atoms with Crippen LogP contribution in [0.2, 0.25) is 0 Å². The summed E-state index contributed by atoms with van der Waals surface area (Å²) in [6, 6.07) is 8.12. The Morgan fingerprint density at radius 3 is 2.62 bits per heavy atom. The molecular weight excluding hydrogens is 330 g/mol. The molecule has 0 saturated carbocycles. The molecular formula is C16H20BrN3O. The fourth-order valence-corrected chi connectivity index (χ4v) is 3.55. The van der Waals surface area contributed by atoms with Gasteiger partial charge in [0.15, 0.2) is 0 Å². The smallest absolute Gasteiger partial charge is 0.270 e. The summed E-state index contributed by atoms with van der Waals surface area (Å²) in [6.45, 7) is 6.38. The van der Waals surface area contributed by atoms with Gasteiger partial charge in [-0.3, -0.25) is 4.79 Å². The summed E-state index contributed by atoms with van der Waals surface area (Å²) in [5, 5.41) is 1.11. The van der Waals surface area contributed by atoms with Gasteiger partial charge in [-0.05, 0) is 42.0 Å². The quantitative estimate of drug-likeness (QED) is 0.833. The number of benzene rings is 1. The second-order valence-electron chi connectivity index (χ2n) is 5.55. The van der Waals surface area contributed by atoms with Gasteiger partial charge in [0.05, 0.1) is 5.52 Å². The summed E-state index contributed by atoms with van der Waals surface area (Å²) in [5.74, 6) is 0.146. The number of likely N-dealkylation sites (N-methyl/N-ethyl adjacent to an activating group) is 1. The van der Waals surface area contributed by atoms with Crippen LogP contribution in [0.15, 0.2) is 28.7 Å². The van der Waals surface area contributed by atoms with E-state index in [1.807, 2.05) is 23.1 Å². The Bertz CT molecular complexity index is 671. The molecule has 1 fully saturated rings. The number of piperazine rings is 1. The lowest BCUT2D eigenvalue weighted by atomic mass is 10.2. The number of aryl methyl sites for hydroxylation is 1. The molecule has 2 aromatic rings. The van der Waals surface area contributed by atoms with Crippen molar-refractivity contribution in [2.24, 2.45) is 0 Å². The average molecular weight is 350 g/mol. The van der Waals surface area contributed by atoms with Gasteiger partial charge in [-0.1, -0.05) is 12.1 Å². The van der Waals surface area contributed by atoms with Crippen molar-refractivity contribution in [2.75, 3.05) is 33.2 Å². The van der Waals surface area contributed by atoms with Gasteiger partial charge in [-0.2, -0.15) is 0 Å². The Labute approximate surface area is 133 Å². The molecule has 0 atom stereocenters. The van der Waals surface area contributed by atoms with Crippen LogP contribution in [0, 0.1) is 0 Å². The van der Waals surface area contributed by atoms with Crippen molar-refractivity contribution in [2.45, 2.75) is 13.5 Å². The molecule has 112 valence electrons. The first-order chi connectivity index (χ1) is 10.1. The zero-order valence-electron chi connectivity index (χ0n) is 12.5. The number of rotatable bonds is 2. The van der Waals surface area contributed by atoms with Crippen LogP contribution in [0.1, 0.15) is 17.4 Å². The molecule has 4 nitrogen and oxygen atoms in total. The van der Waals surface area contributed by atoms with Crippen molar-refractivity contribution in [3.05, 3.63) is 34.4 Å². The Morgan fingerprint density at radius 2 is 1.95 bits per heavy atom. The van der Waals surface area contributed by atoms with E-state index in [1.165, 1.54) is 0 Å². The highest BCUT2D eigenvalue weighted by atomic mass is 79.9. The van der Waals surface area contributed by atoms with E-state index in [-0.39, 0.29) is 5.91 Å². The number of carbonyl (C=O) groups is 1. The predicted molar refractivity (Wildman–Crippen MR) is 88.7 cm³/mol. The average Bonchev–Trinajstić information content (AvgIpc) is 2.87. The molecule has 0 aliphatic carbocycles. The summed E-state index contributed by atoms with van der Waals surface area (Å²) in [6.07, 6.45) is 0. The second-order valence-corrected chi connectivity index (χ2v) is 6.40. The maximum Gasteiger partial charge on any atom is 0.270 e. The number of fused-ring (bicyclic) bond motifs is 1. The summed E-state index contributed by atoms with van der Waals surface area (Å²) < 4.78 is 3.15. The van der Waals surface area contributed by atoms with Gasteiger partial charge in [0.25, 0.3) is 5.91 Å². The third kappa shape index (κ3) is 2.60. The summed E-state index contributed by atoms with van der Waals surface area (Å²) in [4.78, 5) is 17.1. The number of para-hydroxylation sites is 1. The minimum atomic E-state index is 0.146. The van der Waals surface area contributed by atoms with E-state index in [4.69, 9.17) is 0 Å². The molecule has 0 unspecified atom stereocenters. The van der Waals surface area contributed by atoms with Crippen molar-refractivity contribution in [1.82, 2.24) is 14.4 Å². The number of hydrogen-bond acceptors (Lipinski definition) is 2. The second kappa shape index (κ2) is 5.81. The highest BCUT2D eigenvalue weighted by Crippen LogP contribution is 2.28. The van der Waals surface area contributed by atoms with Crippen molar-refractivity contribution >= 4 is 32.7 Å². The molecule has 1 aromatic heterocycles. The highest BCUT2D eigenvalue weighted by molar-refractivity contribution is 9.10. The van der Waals surface area contributed by atoms with Gasteiger partial charge in [0.2, 0.25) is 0 Å². The van der Waals surface area contributed by atoms with Gasteiger partial charge < -0.3 is 14.4 Å². The molecule has 2 heterocycles. The maximum absolute atomic E-state index is 12.8. The van der Waals surface area contributed by atoms with E-state index >= 15 is 0 Å². The Kier molecular flexibility index (Phi) is 4.04. The molecule has 21 heavy (non-hydrogen) atoms. The van der Waals surface area contributed by atoms with E-state index in [0.29, 0.717) is 0 Å². The van der Waals surface area contributed by atoms with E-state index < -0.39 is 0 Å². The third-order valence-corrected chi connectivity index (χ3v) is 4.84. The maximum atomic E-state index is 12.8. The fourth-order valence-electron chi connectivity index (χ4n) is 2.96. The molecule has 0 spiro atoms. The van der Waals surface area contributed by atoms with Crippen LogP contribution < -0.4 is 0 Å². The van der Waals surface area contributed by atoms with Crippen molar-refractivity contribution < 1.29 is 4.79 Å². The van der Waals surface area contributed by atoms with Crippen molar-refractivity contribution in [3.8, 4) is 0 Å². The largest absolute Gasteiger partial charge is 0.336 e. The molecule has 1 saturated heterocycles. The van der Waals surface area contributed by atoms with Crippen LogP contribution in [0.25, 0.3) is 10.9 Å². The molecule has 5 heteroatoms. The van der Waals surface area contributed by atoms with Crippen LogP contribution in [0.5, 0.6) is 0 Å². The first kappa shape index (κ1) is 14.6. The number of nitrogens with zero attached hydrogens (tertiary/aromatic N) is 3. The molecule has 1 aliphatic rings. The summed E-state index contributed by atoms with van der Waals surface area (Å²) in [7, 11) is 2.10. The third-order valence-electron chi connectivity index (χ3n) is 4.20. The zero-order valence-corrected chi connectivity index (χ0v) is 14.1. The topological polar surface area (TPSA) is 28.5 Å². The van der Waals surface area contributed by atoms with E-state index in [9.17, 15) is 4.79 Å². The number of halogens is 1. The number of carbonyl (C=O) groups excluding carboxylic acids is 1. The van der Waals surface area contributed by atoms with E-state index in [2.05, 4.69) is 45.4 Å². The highest BCUT2D eigenvalue weighted by Gasteiger charge is 2.24. The van der Waals surface area contributed by atoms with Crippen LogP contribution in [-0.4, -0.2) is 53.5 Å². The molecule has 0 bridgehead atoms. The molecule has 1 aromatic carbocycles. The number of hydrogen-bond donors (Lipinski definition) is 0. The van der Waals surface area contributed by atoms with Crippen LogP contribution >= 0.6 is 15.9 Å². The van der Waals surface area contributed by atoms with Crippen LogP contribution in [0.3, 0.4) is 0 Å². The van der Waals surface area contributed by atoms with Gasteiger partial charge in [-0.25, -0.2) is 0 Å². The first-order valence-electron chi connectivity index (χ1n) is 7.37. The van der Waals surface area contributed by atoms with Crippen molar-refractivity contribution in [1.29, 1.82) is 0 Å². The van der Waals surface area contributed by atoms with Gasteiger partial charge in [0.1, 0.15) is 5.69 Å². The fraction of sp³-hybridized carbons (Fsp3) is 0.438. The van der Waals surface area contributed by atoms with Crippen LogP contribution in [-0.2, 0) is 6.54 Å². The number of aromatic nitrogens is 1. The predicted octanol–water partition coefficient (Wildman–Crippen LogP) is 2.81. The molecule has 1 aliphatic heterocycles. The van der Waals surface area contributed by atoms with Crippen LogP contribution in [0.4, 0.5) is 0 Å². The first-order valence-corrected chi connectivity index (χ1v) is 8.16. The molecule has 1 amide bonds. The minimum Gasteiger partial charge on any atom is -0.336 e. The monoisotopic (exact) mass is 349 g/mol. The van der Waals surface area contributed by atoms with Gasteiger partial charge in [0, 0.05) is 42.6 Å². The van der Waals surface area contributed by atoms with Crippen molar-refractivity contribution in [3.63, 3.8) is 0 Å². The Balaban J connectivity index is 2.00. The normalized spacial score (nSPS) is 16.6. The molecule has 3 rings (SSSR count). The Hall–Kier alpha value is -1.33. The zero-order chi connectivity index (χ0) is 15.0. The standard InChI is InChI=1S/C16H20BrN3O/c1-3-20-14(11-12-5-4-6-13(17)15(12)20)16(21)19-9-7-18(2)8-10-19/h4-6,11H,3,7-10H2,1-2H3. The number of amides is 1. The van der Waals surface area contributed by atoms with E-state index in [1.54, 1.807) is 0 Å². The molecule has 0 radical (unpaired) electrons. The Morgan fingerprint density at radius 1 is 1.24 bits per heavy atom. The lowest BCUT2D eigenvalue weighted by Crippen LogP contribution is -2.47. The summed E-state index contributed by atoms with van der Waals surface area (Å²) >= 11 is 3.60. The van der Waals surface area contributed by atoms with Gasteiger partial charge >= 0.3 is 0 Å². The lowest BCUT2D eigenvalue weighted by molar-refractivity contribution is 0.0654. The molecule has 0 N–H and O–H groups in total. The van der Waals surface area contributed by atoms with E-state index in [0.717, 1.165) is 53.8 Å². The summed E-state index contributed by atoms with van der Waals surface area (Å²) in [5.41, 5.74) is 1.90. The van der Waals surface area contributed by atoms with Gasteiger partial charge in [-0.15, -0.1) is 0 Å². The lowest BCUT2D eigenvalue weighted by Gasteiger charge is -2.32. The SMILES string of the molecule is CCn1c(C(=O)N2CCN(C)CC2)cc2cccc(Br)c21.